The van der Waals surface area contributed by atoms with Crippen LogP contribution in [0.2, 0.25) is 0 Å². The molecule has 3 aliphatic rings. The minimum atomic E-state index is 0.518. The monoisotopic (exact) mass is 266 g/mol. The van der Waals surface area contributed by atoms with Gasteiger partial charge in [0.1, 0.15) is 0 Å². The summed E-state index contributed by atoms with van der Waals surface area (Å²) in [5, 5.41) is 3.60. The van der Waals surface area contributed by atoms with E-state index >= 15 is 0 Å². The summed E-state index contributed by atoms with van der Waals surface area (Å²) in [7, 11) is 1.89. The molecule has 0 spiro atoms. The first kappa shape index (κ1) is 13.8. The van der Waals surface area contributed by atoms with E-state index in [0.717, 1.165) is 18.0 Å². The van der Waals surface area contributed by atoms with Crippen molar-refractivity contribution in [1.29, 1.82) is 0 Å². The predicted molar refractivity (Wildman–Crippen MR) is 78.4 cm³/mol. The van der Waals surface area contributed by atoms with Crippen LogP contribution in [0.25, 0.3) is 0 Å². The van der Waals surface area contributed by atoms with Crippen molar-refractivity contribution in [2.75, 3.05) is 26.7 Å². The lowest BCUT2D eigenvalue weighted by Gasteiger charge is -2.41. The Morgan fingerprint density at radius 2 is 2.00 bits per heavy atom. The van der Waals surface area contributed by atoms with Crippen molar-refractivity contribution in [2.45, 2.75) is 69.6 Å². The molecule has 0 amide bonds. The number of nitrogens with one attached hydrogen (secondary N) is 1. The van der Waals surface area contributed by atoms with Crippen molar-refractivity contribution in [3.63, 3.8) is 0 Å². The molecule has 1 aliphatic carbocycles. The van der Waals surface area contributed by atoms with Gasteiger partial charge in [0, 0.05) is 19.2 Å². The standard InChI is InChI=1S/C16H30N2O/c1-19-15-7-2-6-14(11-15)18-10-4-8-16(18)13-5-3-9-17-12-13/h13-17H,2-12H2,1H3. The van der Waals surface area contributed by atoms with Gasteiger partial charge in [-0.15, -0.1) is 0 Å². The average molecular weight is 266 g/mol. The highest BCUT2D eigenvalue weighted by Crippen LogP contribution is 2.34. The maximum atomic E-state index is 5.62. The quantitative estimate of drug-likeness (QED) is 0.849. The largest absolute Gasteiger partial charge is 0.381 e. The number of nitrogens with zero attached hydrogens (tertiary/aromatic N) is 1. The Bertz CT molecular complexity index is 278. The molecule has 110 valence electrons. The molecule has 0 aromatic heterocycles. The summed E-state index contributed by atoms with van der Waals surface area (Å²) in [5.74, 6) is 0.902. The summed E-state index contributed by atoms with van der Waals surface area (Å²) in [6.07, 6.45) is 11.5. The van der Waals surface area contributed by atoms with Gasteiger partial charge in [-0.2, -0.15) is 0 Å². The molecule has 3 nitrogen and oxygen atoms in total. The van der Waals surface area contributed by atoms with Crippen LogP contribution in [0.15, 0.2) is 0 Å². The first-order chi connectivity index (χ1) is 9.38. The zero-order chi connectivity index (χ0) is 13.1. The number of hydrogen-bond donors (Lipinski definition) is 1. The van der Waals surface area contributed by atoms with Crippen molar-refractivity contribution in [2.24, 2.45) is 5.92 Å². The van der Waals surface area contributed by atoms with Crippen LogP contribution in [0, 0.1) is 5.92 Å². The lowest BCUT2D eigenvalue weighted by Crippen LogP contribution is -2.49. The van der Waals surface area contributed by atoms with E-state index in [9.17, 15) is 0 Å². The van der Waals surface area contributed by atoms with Gasteiger partial charge in [-0.3, -0.25) is 4.90 Å². The first-order valence-electron chi connectivity index (χ1n) is 8.37. The van der Waals surface area contributed by atoms with Crippen molar-refractivity contribution < 1.29 is 4.74 Å². The van der Waals surface area contributed by atoms with E-state index in [4.69, 9.17) is 4.74 Å². The highest BCUT2D eigenvalue weighted by atomic mass is 16.5. The second kappa shape index (κ2) is 6.55. The number of rotatable bonds is 3. The Kier molecular flexibility index (Phi) is 4.78. The average Bonchev–Trinajstić information content (AvgIpc) is 2.98. The van der Waals surface area contributed by atoms with Crippen LogP contribution in [0.1, 0.15) is 51.4 Å². The topological polar surface area (TPSA) is 24.5 Å². The molecule has 3 rings (SSSR count). The van der Waals surface area contributed by atoms with Gasteiger partial charge in [0.25, 0.3) is 0 Å². The fourth-order valence-electron chi connectivity index (χ4n) is 4.62. The molecule has 1 N–H and O–H groups in total. The third kappa shape index (κ3) is 3.14. The second-order valence-corrected chi connectivity index (χ2v) is 6.73. The third-order valence-electron chi connectivity index (χ3n) is 5.62. The van der Waals surface area contributed by atoms with Gasteiger partial charge >= 0.3 is 0 Å². The molecule has 3 fully saturated rings. The molecule has 2 aliphatic heterocycles. The molecule has 3 heteroatoms. The van der Waals surface area contributed by atoms with E-state index in [1.807, 2.05) is 7.11 Å². The minimum Gasteiger partial charge on any atom is -0.381 e. The molecule has 0 bridgehead atoms. The molecule has 0 radical (unpaired) electrons. The highest BCUT2D eigenvalue weighted by molar-refractivity contribution is 4.93. The van der Waals surface area contributed by atoms with Crippen molar-refractivity contribution in [3.8, 4) is 0 Å². The number of hydrogen-bond acceptors (Lipinski definition) is 3. The van der Waals surface area contributed by atoms with Crippen LogP contribution in [0.5, 0.6) is 0 Å². The third-order valence-corrected chi connectivity index (χ3v) is 5.62. The lowest BCUT2D eigenvalue weighted by molar-refractivity contribution is 0.0146. The van der Waals surface area contributed by atoms with E-state index in [0.29, 0.717) is 6.10 Å². The van der Waals surface area contributed by atoms with Crippen LogP contribution in [-0.2, 0) is 4.74 Å². The zero-order valence-electron chi connectivity index (χ0n) is 12.4. The first-order valence-corrected chi connectivity index (χ1v) is 8.37. The Morgan fingerprint density at radius 3 is 2.79 bits per heavy atom. The van der Waals surface area contributed by atoms with Gasteiger partial charge in [-0.1, -0.05) is 0 Å². The summed E-state index contributed by atoms with van der Waals surface area (Å²) in [5.41, 5.74) is 0. The Hall–Kier alpha value is -0.120. The van der Waals surface area contributed by atoms with E-state index in [2.05, 4.69) is 10.2 Å². The summed E-state index contributed by atoms with van der Waals surface area (Å²) in [4.78, 5) is 2.86. The normalized spacial score (nSPS) is 41.5. The lowest BCUT2D eigenvalue weighted by atomic mass is 9.86. The molecule has 4 atom stereocenters. The van der Waals surface area contributed by atoms with Gasteiger partial charge in [-0.25, -0.2) is 0 Å². The van der Waals surface area contributed by atoms with Gasteiger partial charge in [0.2, 0.25) is 0 Å². The van der Waals surface area contributed by atoms with Crippen LogP contribution >= 0.6 is 0 Å². The molecular formula is C16H30N2O. The maximum Gasteiger partial charge on any atom is 0.0586 e. The van der Waals surface area contributed by atoms with Gasteiger partial charge in [-0.05, 0) is 76.9 Å². The van der Waals surface area contributed by atoms with Gasteiger partial charge < -0.3 is 10.1 Å². The van der Waals surface area contributed by atoms with Crippen LogP contribution in [0.3, 0.4) is 0 Å². The summed E-state index contributed by atoms with van der Waals surface area (Å²) < 4.78 is 5.62. The highest BCUT2D eigenvalue weighted by Gasteiger charge is 2.37. The molecule has 2 saturated heterocycles. The van der Waals surface area contributed by atoms with E-state index in [1.54, 1.807) is 0 Å². The molecule has 19 heavy (non-hydrogen) atoms. The Labute approximate surface area is 118 Å². The molecule has 0 aromatic rings. The second-order valence-electron chi connectivity index (χ2n) is 6.73. The minimum absolute atomic E-state index is 0.518. The molecular weight excluding hydrogens is 236 g/mol. The van der Waals surface area contributed by atoms with Crippen LogP contribution in [-0.4, -0.2) is 49.8 Å². The van der Waals surface area contributed by atoms with E-state index in [-0.39, 0.29) is 0 Å². The SMILES string of the molecule is COC1CCCC(N2CCCC2C2CCCNC2)C1. The summed E-state index contributed by atoms with van der Waals surface area (Å²) in [6.45, 7) is 3.82. The van der Waals surface area contributed by atoms with Gasteiger partial charge in [0.05, 0.1) is 6.10 Å². The van der Waals surface area contributed by atoms with Crippen LogP contribution in [0.4, 0.5) is 0 Å². The van der Waals surface area contributed by atoms with Crippen molar-refractivity contribution >= 4 is 0 Å². The summed E-state index contributed by atoms with van der Waals surface area (Å²) >= 11 is 0. The number of ether oxygens (including phenoxy) is 1. The zero-order valence-corrected chi connectivity index (χ0v) is 12.4. The van der Waals surface area contributed by atoms with Crippen LogP contribution < -0.4 is 5.32 Å². The summed E-state index contributed by atoms with van der Waals surface area (Å²) in [6, 6.07) is 1.65. The van der Waals surface area contributed by atoms with E-state index < -0.39 is 0 Å². The number of likely N-dealkylation sites (tertiary alicyclic amines) is 1. The van der Waals surface area contributed by atoms with Crippen molar-refractivity contribution in [3.05, 3.63) is 0 Å². The maximum absolute atomic E-state index is 5.62. The fraction of sp³-hybridized carbons (Fsp3) is 1.00. The smallest absolute Gasteiger partial charge is 0.0586 e. The fourth-order valence-corrected chi connectivity index (χ4v) is 4.62. The van der Waals surface area contributed by atoms with Crippen molar-refractivity contribution in [1.82, 2.24) is 10.2 Å². The Morgan fingerprint density at radius 1 is 1.05 bits per heavy atom. The predicted octanol–water partition coefficient (Wildman–Crippen LogP) is 2.41. The number of piperidine rings is 1. The van der Waals surface area contributed by atoms with Gasteiger partial charge in [0.15, 0.2) is 0 Å². The molecule has 4 unspecified atom stereocenters. The Balaban J connectivity index is 1.61. The van der Waals surface area contributed by atoms with E-state index in [1.165, 1.54) is 71.0 Å². The molecule has 1 saturated carbocycles. The molecule has 0 aromatic carbocycles. The molecule has 2 heterocycles. The number of methoxy groups -OCH3 is 1.